The van der Waals surface area contributed by atoms with Crippen molar-refractivity contribution in [3.8, 4) is 0 Å². The van der Waals surface area contributed by atoms with Crippen LogP contribution in [0.4, 0.5) is 10.1 Å². The molecule has 1 saturated carbocycles. The van der Waals surface area contributed by atoms with Crippen LogP contribution < -0.4 is 10.2 Å². The van der Waals surface area contributed by atoms with E-state index in [0.717, 1.165) is 37.4 Å². The van der Waals surface area contributed by atoms with Crippen molar-refractivity contribution in [2.24, 2.45) is 0 Å². The standard InChI is InChI=1S/C17H24FN3/c18-16-10-13(11-19-14-4-5-14)3-6-17(16)21-9-8-20-7-1-2-15(20)12-21/h3,6,10,14-15,19H,1-2,4-5,7-9,11-12H2. The van der Waals surface area contributed by atoms with E-state index in [4.69, 9.17) is 0 Å². The van der Waals surface area contributed by atoms with Gasteiger partial charge in [-0.2, -0.15) is 0 Å². The van der Waals surface area contributed by atoms with Gasteiger partial charge in [0, 0.05) is 38.3 Å². The highest BCUT2D eigenvalue weighted by Crippen LogP contribution is 2.28. The number of anilines is 1. The summed E-state index contributed by atoms with van der Waals surface area (Å²) in [6, 6.07) is 7.07. The van der Waals surface area contributed by atoms with E-state index in [0.29, 0.717) is 12.1 Å². The number of nitrogens with one attached hydrogen (secondary N) is 1. The lowest BCUT2D eigenvalue weighted by atomic mass is 10.1. The molecule has 1 unspecified atom stereocenters. The molecule has 0 radical (unpaired) electrons. The van der Waals surface area contributed by atoms with Gasteiger partial charge in [-0.1, -0.05) is 6.07 Å². The topological polar surface area (TPSA) is 18.5 Å². The van der Waals surface area contributed by atoms with Crippen LogP contribution in [-0.4, -0.2) is 43.2 Å². The van der Waals surface area contributed by atoms with Gasteiger partial charge in [0.05, 0.1) is 5.69 Å². The number of hydrogen-bond acceptors (Lipinski definition) is 3. The summed E-state index contributed by atoms with van der Waals surface area (Å²) in [5.74, 6) is -0.0588. The number of nitrogens with zero attached hydrogens (tertiary/aromatic N) is 2. The average molecular weight is 289 g/mol. The average Bonchev–Trinajstić information content (AvgIpc) is 3.21. The van der Waals surface area contributed by atoms with E-state index < -0.39 is 0 Å². The molecule has 3 aliphatic rings. The highest BCUT2D eigenvalue weighted by Gasteiger charge is 2.31. The quantitative estimate of drug-likeness (QED) is 0.918. The molecule has 3 fully saturated rings. The van der Waals surface area contributed by atoms with Gasteiger partial charge in [0.2, 0.25) is 0 Å². The molecule has 21 heavy (non-hydrogen) atoms. The Labute approximate surface area is 126 Å². The molecule has 3 nitrogen and oxygen atoms in total. The molecular weight excluding hydrogens is 265 g/mol. The van der Waals surface area contributed by atoms with E-state index in [1.165, 1.54) is 32.2 Å². The Morgan fingerprint density at radius 2 is 2.05 bits per heavy atom. The largest absolute Gasteiger partial charge is 0.366 e. The summed E-state index contributed by atoms with van der Waals surface area (Å²) in [7, 11) is 0. The number of fused-ring (bicyclic) bond motifs is 1. The zero-order valence-corrected chi connectivity index (χ0v) is 12.5. The van der Waals surface area contributed by atoms with Crippen molar-refractivity contribution >= 4 is 5.69 Å². The van der Waals surface area contributed by atoms with Gasteiger partial charge in [-0.05, 0) is 49.9 Å². The normalized spacial score (nSPS) is 26.1. The lowest BCUT2D eigenvalue weighted by Gasteiger charge is -2.39. The van der Waals surface area contributed by atoms with E-state index in [1.807, 2.05) is 6.07 Å². The molecule has 1 aromatic rings. The zero-order chi connectivity index (χ0) is 14.2. The lowest BCUT2D eigenvalue weighted by Crippen LogP contribution is -2.50. The van der Waals surface area contributed by atoms with E-state index in [2.05, 4.69) is 21.2 Å². The Balaban J connectivity index is 1.44. The predicted octanol–water partition coefficient (Wildman–Crippen LogP) is 2.36. The van der Waals surface area contributed by atoms with Gasteiger partial charge in [0.25, 0.3) is 0 Å². The van der Waals surface area contributed by atoms with Crippen molar-refractivity contribution in [2.75, 3.05) is 31.1 Å². The third kappa shape index (κ3) is 2.92. The Bertz CT molecular complexity index is 515. The minimum absolute atomic E-state index is 0.0588. The van der Waals surface area contributed by atoms with Crippen LogP contribution in [0.15, 0.2) is 18.2 Å². The number of rotatable bonds is 4. The molecule has 1 aliphatic carbocycles. The van der Waals surface area contributed by atoms with Gasteiger partial charge in [-0.15, -0.1) is 0 Å². The van der Waals surface area contributed by atoms with E-state index >= 15 is 0 Å². The number of hydrogen-bond donors (Lipinski definition) is 1. The minimum Gasteiger partial charge on any atom is -0.366 e. The van der Waals surface area contributed by atoms with Gasteiger partial charge in [-0.25, -0.2) is 4.39 Å². The smallest absolute Gasteiger partial charge is 0.146 e. The molecule has 1 atom stereocenters. The van der Waals surface area contributed by atoms with Crippen LogP contribution in [0.25, 0.3) is 0 Å². The maximum absolute atomic E-state index is 14.4. The summed E-state index contributed by atoms with van der Waals surface area (Å²) < 4.78 is 14.4. The van der Waals surface area contributed by atoms with E-state index in [1.54, 1.807) is 6.07 Å². The fraction of sp³-hybridized carbons (Fsp3) is 0.647. The third-order valence-corrected chi connectivity index (χ3v) is 5.11. The van der Waals surface area contributed by atoms with Crippen LogP contribution in [0.2, 0.25) is 0 Å². The van der Waals surface area contributed by atoms with Crippen molar-refractivity contribution in [2.45, 2.75) is 44.3 Å². The van der Waals surface area contributed by atoms with Crippen molar-refractivity contribution in [3.05, 3.63) is 29.6 Å². The molecular formula is C17H24FN3. The molecule has 1 aromatic carbocycles. The molecule has 4 rings (SSSR count). The van der Waals surface area contributed by atoms with Crippen molar-refractivity contribution in [3.63, 3.8) is 0 Å². The van der Waals surface area contributed by atoms with Crippen molar-refractivity contribution in [1.29, 1.82) is 0 Å². The fourth-order valence-electron chi connectivity index (χ4n) is 3.68. The van der Waals surface area contributed by atoms with E-state index in [9.17, 15) is 4.39 Å². The van der Waals surface area contributed by atoms with Gasteiger partial charge < -0.3 is 10.2 Å². The lowest BCUT2D eigenvalue weighted by molar-refractivity contribution is 0.230. The van der Waals surface area contributed by atoms with Crippen LogP contribution in [0.5, 0.6) is 0 Å². The summed E-state index contributed by atoms with van der Waals surface area (Å²) in [5.41, 5.74) is 1.85. The highest BCUT2D eigenvalue weighted by molar-refractivity contribution is 5.50. The molecule has 4 heteroatoms. The Morgan fingerprint density at radius 3 is 2.86 bits per heavy atom. The van der Waals surface area contributed by atoms with Gasteiger partial charge in [0.1, 0.15) is 5.82 Å². The molecule has 2 aliphatic heterocycles. The van der Waals surface area contributed by atoms with Crippen LogP contribution in [0.1, 0.15) is 31.2 Å². The van der Waals surface area contributed by atoms with E-state index in [-0.39, 0.29) is 5.82 Å². The van der Waals surface area contributed by atoms with Gasteiger partial charge in [-0.3, -0.25) is 4.90 Å². The Kier molecular flexibility index (Phi) is 3.59. The minimum atomic E-state index is -0.0588. The van der Waals surface area contributed by atoms with Gasteiger partial charge >= 0.3 is 0 Å². The number of benzene rings is 1. The number of piperazine rings is 1. The Morgan fingerprint density at radius 1 is 1.14 bits per heavy atom. The second kappa shape index (κ2) is 5.58. The highest BCUT2D eigenvalue weighted by atomic mass is 19.1. The second-order valence-electron chi connectivity index (χ2n) is 6.72. The molecule has 0 aromatic heterocycles. The second-order valence-corrected chi connectivity index (χ2v) is 6.72. The first-order chi connectivity index (χ1) is 10.3. The van der Waals surface area contributed by atoms with Crippen molar-refractivity contribution < 1.29 is 4.39 Å². The Hall–Kier alpha value is -1.13. The fourth-order valence-corrected chi connectivity index (χ4v) is 3.68. The molecule has 2 saturated heterocycles. The molecule has 1 N–H and O–H groups in total. The maximum atomic E-state index is 14.4. The van der Waals surface area contributed by atoms with Crippen LogP contribution in [-0.2, 0) is 6.54 Å². The molecule has 114 valence electrons. The monoisotopic (exact) mass is 289 g/mol. The van der Waals surface area contributed by atoms with Crippen LogP contribution >= 0.6 is 0 Å². The van der Waals surface area contributed by atoms with Crippen molar-refractivity contribution in [1.82, 2.24) is 10.2 Å². The van der Waals surface area contributed by atoms with Crippen LogP contribution in [0.3, 0.4) is 0 Å². The summed E-state index contributed by atoms with van der Waals surface area (Å²) >= 11 is 0. The first kappa shape index (κ1) is 13.5. The third-order valence-electron chi connectivity index (χ3n) is 5.11. The first-order valence-corrected chi connectivity index (χ1v) is 8.30. The first-order valence-electron chi connectivity index (χ1n) is 8.30. The summed E-state index contributed by atoms with van der Waals surface area (Å²) in [6.07, 6.45) is 5.10. The molecule has 0 bridgehead atoms. The predicted molar refractivity (Wildman–Crippen MR) is 83.1 cm³/mol. The maximum Gasteiger partial charge on any atom is 0.146 e. The summed E-state index contributed by atoms with van der Waals surface area (Å²) in [6.45, 7) is 5.03. The SMILES string of the molecule is Fc1cc(CNC2CC2)ccc1N1CCN2CCCC2C1. The molecule has 2 heterocycles. The zero-order valence-electron chi connectivity index (χ0n) is 12.5. The molecule has 0 amide bonds. The van der Waals surface area contributed by atoms with Crippen LogP contribution in [0, 0.1) is 5.82 Å². The number of halogens is 1. The summed E-state index contributed by atoms with van der Waals surface area (Å²) in [5, 5.41) is 3.44. The summed E-state index contributed by atoms with van der Waals surface area (Å²) in [4.78, 5) is 4.79. The van der Waals surface area contributed by atoms with Gasteiger partial charge in [0.15, 0.2) is 0 Å². The molecule has 0 spiro atoms.